The molecule has 0 atom stereocenters. The van der Waals surface area contributed by atoms with Gasteiger partial charge in [-0.1, -0.05) is 18.0 Å². The van der Waals surface area contributed by atoms with Crippen LogP contribution in [0.3, 0.4) is 0 Å². The number of nitrogens with one attached hydrogen (secondary N) is 1. The standard InChI is InChI=1S/C18H17F6N3O3/c1-10-25-15(27-30-10)16(4-2-3-5-16)26-14(28)9-29-13-7-11(17(19,20)21)6-12(8-13)18(22,23)24/h6-8H,2-5,9H2,1H3,(H,26,28). The summed E-state index contributed by atoms with van der Waals surface area (Å²) in [6, 6.07) is 0.811. The normalized spacial score (nSPS) is 16.5. The lowest BCUT2D eigenvalue weighted by Gasteiger charge is -2.26. The number of nitrogens with zero attached hydrogens (tertiary/aromatic N) is 2. The van der Waals surface area contributed by atoms with Crippen LogP contribution in [0.2, 0.25) is 0 Å². The average Bonchev–Trinajstić information content (AvgIpc) is 3.28. The van der Waals surface area contributed by atoms with E-state index >= 15 is 0 Å². The number of halogens is 6. The van der Waals surface area contributed by atoms with Crippen molar-refractivity contribution in [3.63, 3.8) is 0 Å². The minimum atomic E-state index is -5.01. The highest BCUT2D eigenvalue weighted by Gasteiger charge is 2.41. The zero-order valence-electron chi connectivity index (χ0n) is 15.7. The summed E-state index contributed by atoms with van der Waals surface area (Å²) in [5.74, 6) is -0.886. The van der Waals surface area contributed by atoms with Crippen molar-refractivity contribution in [1.82, 2.24) is 15.5 Å². The fourth-order valence-electron chi connectivity index (χ4n) is 3.34. The summed E-state index contributed by atoms with van der Waals surface area (Å²) in [4.78, 5) is 16.5. The Morgan fingerprint density at radius 3 is 2.13 bits per heavy atom. The van der Waals surface area contributed by atoms with Gasteiger partial charge in [-0.2, -0.15) is 31.3 Å². The third-order valence-corrected chi connectivity index (χ3v) is 4.72. The van der Waals surface area contributed by atoms with E-state index < -0.39 is 47.3 Å². The van der Waals surface area contributed by atoms with Crippen molar-refractivity contribution in [2.75, 3.05) is 6.61 Å². The molecule has 1 aliphatic rings. The van der Waals surface area contributed by atoms with Gasteiger partial charge in [0.05, 0.1) is 11.1 Å². The minimum absolute atomic E-state index is 0.0149. The minimum Gasteiger partial charge on any atom is -0.484 e. The molecular weight excluding hydrogens is 420 g/mol. The van der Waals surface area contributed by atoms with E-state index in [1.165, 1.54) is 0 Å². The third-order valence-electron chi connectivity index (χ3n) is 4.72. The van der Waals surface area contributed by atoms with Gasteiger partial charge in [-0.3, -0.25) is 4.79 Å². The van der Waals surface area contributed by atoms with E-state index in [9.17, 15) is 31.1 Å². The SMILES string of the molecule is Cc1nc(C2(NC(=O)COc3cc(C(F)(F)F)cc(C(F)(F)F)c3)CCCC2)no1. The zero-order valence-corrected chi connectivity index (χ0v) is 15.7. The molecule has 1 amide bonds. The van der Waals surface area contributed by atoms with Gasteiger partial charge in [-0.15, -0.1) is 0 Å². The first kappa shape index (κ1) is 21.9. The molecule has 6 nitrogen and oxygen atoms in total. The Labute approximate surface area is 166 Å². The molecule has 0 saturated heterocycles. The highest BCUT2D eigenvalue weighted by atomic mass is 19.4. The number of aryl methyl sites for hydroxylation is 1. The number of aromatic nitrogens is 2. The molecule has 3 rings (SSSR count). The number of ether oxygens (including phenoxy) is 1. The molecule has 1 saturated carbocycles. The Kier molecular flexibility index (Phi) is 5.70. The topological polar surface area (TPSA) is 77.2 Å². The van der Waals surface area contributed by atoms with Gasteiger partial charge in [0.25, 0.3) is 5.91 Å². The molecule has 12 heteroatoms. The molecular formula is C18H17F6N3O3. The van der Waals surface area contributed by atoms with Gasteiger partial charge in [0.1, 0.15) is 11.3 Å². The molecule has 0 radical (unpaired) electrons. The number of benzene rings is 1. The van der Waals surface area contributed by atoms with Gasteiger partial charge in [-0.05, 0) is 31.0 Å². The Hall–Kier alpha value is -2.79. The van der Waals surface area contributed by atoms with Crippen LogP contribution < -0.4 is 10.1 Å². The van der Waals surface area contributed by atoms with Crippen molar-refractivity contribution in [1.29, 1.82) is 0 Å². The zero-order chi connectivity index (χ0) is 22.2. The first-order valence-corrected chi connectivity index (χ1v) is 8.93. The van der Waals surface area contributed by atoms with Crippen LogP contribution in [0.25, 0.3) is 0 Å². The molecule has 1 fully saturated rings. The predicted molar refractivity (Wildman–Crippen MR) is 89.3 cm³/mol. The molecule has 1 aromatic heterocycles. The van der Waals surface area contributed by atoms with Crippen LogP contribution >= 0.6 is 0 Å². The summed E-state index contributed by atoms with van der Waals surface area (Å²) in [7, 11) is 0. The van der Waals surface area contributed by atoms with Gasteiger partial charge >= 0.3 is 12.4 Å². The lowest BCUT2D eigenvalue weighted by molar-refractivity contribution is -0.143. The van der Waals surface area contributed by atoms with Crippen LogP contribution in [0.15, 0.2) is 22.7 Å². The summed E-state index contributed by atoms with van der Waals surface area (Å²) in [6.45, 7) is 0.799. The van der Waals surface area contributed by atoms with Crippen molar-refractivity contribution >= 4 is 5.91 Å². The average molecular weight is 437 g/mol. The first-order chi connectivity index (χ1) is 13.9. The highest BCUT2D eigenvalue weighted by Crippen LogP contribution is 2.39. The van der Waals surface area contributed by atoms with Crippen molar-refractivity contribution in [3.8, 4) is 5.75 Å². The second kappa shape index (κ2) is 7.80. The van der Waals surface area contributed by atoms with Crippen molar-refractivity contribution in [2.45, 2.75) is 50.5 Å². The summed E-state index contributed by atoms with van der Waals surface area (Å²) in [6.07, 6.45) is -7.44. The molecule has 1 N–H and O–H groups in total. The number of carbonyl (C=O) groups excluding carboxylic acids is 1. The molecule has 0 spiro atoms. The van der Waals surface area contributed by atoms with E-state index in [0.29, 0.717) is 30.9 Å². The molecule has 0 aliphatic heterocycles. The highest BCUT2D eigenvalue weighted by molar-refractivity contribution is 5.78. The maximum absolute atomic E-state index is 12.9. The molecule has 164 valence electrons. The number of amides is 1. The number of carbonyl (C=O) groups is 1. The Morgan fingerprint density at radius 2 is 1.67 bits per heavy atom. The van der Waals surface area contributed by atoms with Gasteiger partial charge in [0.15, 0.2) is 12.4 Å². The molecule has 1 aliphatic carbocycles. The Bertz CT molecular complexity index is 884. The summed E-state index contributed by atoms with van der Waals surface area (Å²) < 4.78 is 87.4. The van der Waals surface area contributed by atoms with Crippen LogP contribution in [0.1, 0.15) is 48.5 Å². The fourth-order valence-corrected chi connectivity index (χ4v) is 3.34. The maximum atomic E-state index is 12.9. The van der Waals surface area contributed by atoms with E-state index in [4.69, 9.17) is 9.26 Å². The van der Waals surface area contributed by atoms with E-state index in [2.05, 4.69) is 15.5 Å². The van der Waals surface area contributed by atoms with Crippen LogP contribution in [-0.4, -0.2) is 22.7 Å². The van der Waals surface area contributed by atoms with Gasteiger partial charge in [0.2, 0.25) is 5.89 Å². The van der Waals surface area contributed by atoms with Crippen molar-refractivity contribution < 1.29 is 40.4 Å². The predicted octanol–water partition coefficient (Wildman–Crippen LogP) is 4.38. The van der Waals surface area contributed by atoms with Crippen LogP contribution in [-0.2, 0) is 22.7 Å². The molecule has 1 heterocycles. The summed E-state index contributed by atoms with van der Waals surface area (Å²) >= 11 is 0. The van der Waals surface area contributed by atoms with Crippen molar-refractivity contribution in [2.24, 2.45) is 0 Å². The Morgan fingerprint density at radius 1 is 1.10 bits per heavy atom. The summed E-state index contributed by atoms with van der Waals surface area (Å²) in [5.41, 5.74) is -3.96. The van der Waals surface area contributed by atoms with Crippen LogP contribution in [0.4, 0.5) is 26.3 Å². The second-order valence-corrected chi connectivity index (χ2v) is 7.00. The fraction of sp³-hybridized carbons (Fsp3) is 0.500. The van der Waals surface area contributed by atoms with E-state index in [0.717, 1.165) is 12.8 Å². The number of hydrogen-bond acceptors (Lipinski definition) is 5. The lowest BCUT2D eigenvalue weighted by atomic mass is 9.96. The van der Waals surface area contributed by atoms with Gasteiger partial charge in [0, 0.05) is 6.92 Å². The number of hydrogen-bond donors (Lipinski definition) is 1. The number of rotatable bonds is 5. The third kappa shape index (κ3) is 4.85. The monoisotopic (exact) mass is 437 g/mol. The largest absolute Gasteiger partial charge is 0.484 e. The summed E-state index contributed by atoms with van der Waals surface area (Å²) in [5, 5.41) is 6.52. The quantitative estimate of drug-likeness (QED) is 0.703. The second-order valence-electron chi connectivity index (χ2n) is 7.00. The van der Waals surface area contributed by atoms with E-state index in [1.54, 1.807) is 6.92 Å². The molecule has 0 unspecified atom stereocenters. The number of alkyl halides is 6. The molecule has 0 bridgehead atoms. The molecule has 2 aromatic rings. The van der Waals surface area contributed by atoms with Gasteiger partial charge in [-0.25, -0.2) is 0 Å². The molecule has 1 aromatic carbocycles. The van der Waals surface area contributed by atoms with Crippen LogP contribution in [0.5, 0.6) is 5.75 Å². The lowest BCUT2D eigenvalue weighted by Crippen LogP contribution is -2.46. The van der Waals surface area contributed by atoms with Crippen molar-refractivity contribution in [3.05, 3.63) is 41.0 Å². The van der Waals surface area contributed by atoms with Gasteiger partial charge < -0.3 is 14.6 Å². The molecule has 30 heavy (non-hydrogen) atoms. The first-order valence-electron chi connectivity index (χ1n) is 8.93. The van der Waals surface area contributed by atoms with E-state index in [1.807, 2.05) is 0 Å². The smallest absolute Gasteiger partial charge is 0.416 e. The maximum Gasteiger partial charge on any atom is 0.416 e. The van der Waals surface area contributed by atoms with E-state index in [-0.39, 0.29) is 11.9 Å². The Balaban J connectivity index is 1.75. The van der Waals surface area contributed by atoms with Crippen LogP contribution in [0, 0.1) is 6.92 Å².